The van der Waals surface area contributed by atoms with Crippen molar-refractivity contribution in [3.8, 4) is 11.3 Å². The number of hydrogen-bond donors (Lipinski definition) is 2. The molecule has 2 aromatic carbocycles. The Balaban J connectivity index is 1.31. The van der Waals surface area contributed by atoms with Crippen LogP contribution < -0.4 is 11.5 Å². The maximum absolute atomic E-state index is 6.46. The molecule has 0 bridgehead atoms. The van der Waals surface area contributed by atoms with Gasteiger partial charge < -0.3 is 16.4 Å². The van der Waals surface area contributed by atoms with Gasteiger partial charge >= 0.3 is 0 Å². The zero-order valence-electron chi connectivity index (χ0n) is 21.6. The Labute approximate surface area is 218 Å². The summed E-state index contributed by atoms with van der Waals surface area (Å²) in [5.74, 6) is 0.486. The molecule has 1 aliphatic carbocycles. The molecule has 2 aromatic heterocycles. The van der Waals surface area contributed by atoms with Gasteiger partial charge in [-0.3, -0.25) is 4.90 Å². The quantitative estimate of drug-likeness (QED) is 0.403. The molecule has 1 saturated heterocycles. The van der Waals surface area contributed by atoms with E-state index in [0.717, 1.165) is 47.2 Å². The first-order valence-electron chi connectivity index (χ1n) is 13.4. The molecule has 4 aromatic rings. The number of aromatic nitrogens is 4. The van der Waals surface area contributed by atoms with Crippen LogP contribution >= 0.6 is 0 Å². The summed E-state index contributed by atoms with van der Waals surface area (Å²) in [6, 6.07) is 17.5. The molecule has 2 fully saturated rings. The van der Waals surface area contributed by atoms with E-state index in [2.05, 4.69) is 67.9 Å². The van der Waals surface area contributed by atoms with E-state index in [1.165, 1.54) is 50.1 Å². The van der Waals surface area contributed by atoms with Crippen LogP contribution in [-0.2, 0) is 6.42 Å². The molecule has 0 spiro atoms. The molecule has 1 aliphatic heterocycles. The van der Waals surface area contributed by atoms with E-state index in [1.54, 1.807) is 6.33 Å². The van der Waals surface area contributed by atoms with Crippen LogP contribution in [0.2, 0.25) is 0 Å². The van der Waals surface area contributed by atoms with E-state index in [-0.39, 0.29) is 0 Å². The molecular formula is C29H36N8. The Morgan fingerprint density at radius 3 is 2.30 bits per heavy atom. The molecule has 37 heavy (non-hydrogen) atoms. The number of anilines is 2. The number of piperazine rings is 1. The lowest BCUT2D eigenvalue weighted by Crippen LogP contribution is -2.49. The summed E-state index contributed by atoms with van der Waals surface area (Å²) in [7, 11) is 2.22. The van der Waals surface area contributed by atoms with Gasteiger partial charge in [-0.1, -0.05) is 36.4 Å². The Morgan fingerprint density at radius 1 is 0.838 bits per heavy atom. The minimum Gasteiger partial charge on any atom is -0.399 e. The van der Waals surface area contributed by atoms with Crippen LogP contribution in [0.1, 0.15) is 42.9 Å². The molecule has 1 saturated carbocycles. The van der Waals surface area contributed by atoms with Crippen molar-refractivity contribution in [3.05, 3.63) is 66.0 Å². The molecule has 8 nitrogen and oxygen atoms in total. The van der Waals surface area contributed by atoms with Crippen molar-refractivity contribution in [1.29, 1.82) is 0 Å². The van der Waals surface area contributed by atoms with Gasteiger partial charge in [0.25, 0.3) is 0 Å². The third-order valence-electron chi connectivity index (χ3n) is 8.23. The standard InChI is InChI=1S/C29H36N8/c1-35-14-16-36(17-15-35)23-10-12-24(13-11-23)37-29-26(28(31)32-19-33-29)27(34-37)25-5-3-2-4-21(25)18-20-6-8-22(30)9-7-20/h2-9,19,23-24H,10-18,30H2,1H3,(H2,31,32,33). The lowest BCUT2D eigenvalue weighted by molar-refractivity contribution is 0.0815. The molecule has 3 heterocycles. The number of fused-ring (bicyclic) bond motifs is 1. The molecule has 8 heteroatoms. The van der Waals surface area contributed by atoms with E-state index < -0.39 is 0 Å². The Kier molecular flexibility index (Phi) is 6.52. The number of nitrogens with two attached hydrogens (primary N) is 2. The van der Waals surface area contributed by atoms with Crippen molar-refractivity contribution >= 4 is 22.5 Å². The van der Waals surface area contributed by atoms with Crippen LogP contribution in [0.5, 0.6) is 0 Å². The van der Waals surface area contributed by atoms with E-state index >= 15 is 0 Å². The molecule has 0 unspecified atom stereocenters. The molecule has 2 aliphatic rings. The van der Waals surface area contributed by atoms with E-state index in [9.17, 15) is 0 Å². The van der Waals surface area contributed by atoms with Gasteiger partial charge in [0.05, 0.1) is 11.4 Å². The number of hydrogen-bond acceptors (Lipinski definition) is 7. The largest absolute Gasteiger partial charge is 0.399 e. The second-order valence-corrected chi connectivity index (χ2v) is 10.6. The fourth-order valence-corrected chi connectivity index (χ4v) is 6.05. The van der Waals surface area contributed by atoms with Gasteiger partial charge in [-0.2, -0.15) is 5.10 Å². The first-order chi connectivity index (χ1) is 18.1. The van der Waals surface area contributed by atoms with Gasteiger partial charge in [0.1, 0.15) is 17.8 Å². The summed E-state index contributed by atoms with van der Waals surface area (Å²) in [4.78, 5) is 14.1. The highest BCUT2D eigenvalue weighted by Gasteiger charge is 2.31. The Hall–Kier alpha value is -3.49. The maximum atomic E-state index is 6.46. The number of nitrogen functional groups attached to an aromatic ring is 2. The number of likely N-dealkylation sites (N-methyl/N-ethyl adjacent to an activating group) is 1. The number of benzene rings is 2. The fourth-order valence-electron chi connectivity index (χ4n) is 6.05. The van der Waals surface area contributed by atoms with E-state index in [0.29, 0.717) is 17.9 Å². The lowest BCUT2D eigenvalue weighted by atomic mass is 9.90. The summed E-state index contributed by atoms with van der Waals surface area (Å²) < 4.78 is 2.14. The average Bonchev–Trinajstić information content (AvgIpc) is 3.32. The number of nitrogens with zero attached hydrogens (tertiary/aromatic N) is 6. The van der Waals surface area contributed by atoms with Crippen molar-refractivity contribution < 1.29 is 0 Å². The summed E-state index contributed by atoms with van der Waals surface area (Å²) in [6.07, 6.45) is 6.94. The third-order valence-corrected chi connectivity index (χ3v) is 8.23. The molecule has 0 radical (unpaired) electrons. The van der Waals surface area contributed by atoms with Crippen LogP contribution in [0.15, 0.2) is 54.9 Å². The summed E-state index contributed by atoms with van der Waals surface area (Å²) in [6.45, 7) is 4.68. The van der Waals surface area contributed by atoms with Crippen LogP contribution in [-0.4, -0.2) is 68.8 Å². The molecule has 6 rings (SSSR count). The van der Waals surface area contributed by atoms with Crippen molar-refractivity contribution in [2.24, 2.45) is 0 Å². The van der Waals surface area contributed by atoms with Crippen LogP contribution in [0.4, 0.5) is 11.5 Å². The fraction of sp³-hybridized carbons (Fsp3) is 0.414. The summed E-state index contributed by atoms with van der Waals surface area (Å²) >= 11 is 0. The molecule has 192 valence electrons. The SMILES string of the molecule is CN1CCN(C2CCC(n3nc(-c4ccccc4Cc4ccc(N)cc4)c4c(N)ncnc43)CC2)CC1. The first kappa shape index (κ1) is 23.9. The van der Waals surface area contributed by atoms with Gasteiger partial charge in [0.15, 0.2) is 5.65 Å². The Bertz CT molecular complexity index is 1360. The molecule has 0 atom stereocenters. The number of rotatable bonds is 5. The maximum Gasteiger partial charge on any atom is 0.164 e. The van der Waals surface area contributed by atoms with Gasteiger partial charge in [0, 0.05) is 43.5 Å². The molecular weight excluding hydrogens is 460 g/mol. The molecule has 4 N–H and O–H groups in total. The zero-order valence-corrected chi connectivity index (χ0v) is 21.6. The summed E-state index contributed by atoms with van der Waals surface area (Å²) in [5, 5.41) is 6.06. The van der Waals surface area contributed by atoms with Crippen LogP contribution in [0.25, 0.3) is 22.3 Å². The predicted molar refractivity (Wildman–Crippen MR) is 149 cm³/mol. The Morgan fingerprint density at radius 2 is 1.54 bits per heavy atom. The normalized spacial score (nSPS) is 21.4. The third kappa shape index (κ3) is 4.79. The highest BCUT2D eigenvalue weighted by Crippen LogP contribution is 2.38. The van der Waals surface area contributed by atoms with Crippen LogP contribution in [0, 0.1) is 0 Å². The highest BCUT2D eigenvalue weighted by atomic mass is 15.3. The average molecular weight is 497 g/mol. The topological polar surface area (TPSA) is 102 Å². The van der Waals surface area contributed by atoms with E-state index in [4.69, 9.17) is 16.6 Å². The second kappa shape index (κ2) is 10.1. The van der Waals surface area contributed by atoms with Crippen molar-refractivity contribution in [2.45, 2.75) is 44.2 Å². The monoisotopic (exact) mass is 496 g/mol. The zero-order chi connectivity index (χ0) is 25.4. The second-order valence-electron chi connectivity index (χ2n) is 10.6. The smallest absolute Gasteiger partial charge is 0.164 e. The molecule has 0 amide bonds. The lowest BCUT2D eigenvalue weighted by Gasteiger charge is -2.41. The van der Waals surface area contributed by atoms with Gasteiger partial charge in [-0.15, -0.1) is 0 Å². The minimum atomic E-state index is 0.318. The first-order valence-corrected chi connectivity index (χ1v) is 13.4. The summed E-state index contributed by atoms with van der Waals surface area (Å²) in [5.41, 5.74) is 18.3. The van der Waals surface area contributed by atoms with E-state index in [1.807, 2.05) is 12.1 Å². The van der Waals surface area contributed by atoms with Gasteiger partial charge in [0.2, 0.25) is 0 Å². The van der Waals surface area contributed by atoms with Gasteiger partial charge in [-0.05, 0) is 62.4 Å². The predicted octanol–water partition coefficient (Wildman–Crippen LogP) is 3.98. The van der Waals surface area contributed by atoms with Gasteiger partial charge in [-0.25, -0.2) is 14.6 Å². The minimum absolute atomic E-state index is 0.318. The van der Waals surface area contributed by atoms with Crippen LogP contribution in [0.3, 0.4) is 0 Å². The van der Waals surface area contributed by atoms with Crippen molar-refractivity contribution in [3.63, 3.8) is 0 Å². The van der Waals surface area contributed by atoms with Crippen molar-refractivity contribution in [1.82, 2.24) is 29.5 Å². The highest BCUT2D eigenvalue weighted by molar-refractivity contribution is 5.99. The van der Waals surface area contributed by atoms with Crippen molar-refractivity contribution in [2.75, 3.05) is 44.7 Å².